The van der Waals surface area contributed by atoms with Gasteiger partial charge in [0, 0.05) is 52.2 Å². The van der Waals surface area contributed by atoms with Crippen molar-refractivity contribution in [3.63, 3.8) is 0 Å². The predicted molar refractivity (Wildman–Crippen MR) is 127 cm³/mol. The van der Waals surface area contributed by atoms with Gasteiger partial charge in [0.1, 0.15) is 0 Å². The summed E-state index contributed by atoms with van der Waals surface area (Å²) in [7, 11) is 0. The van der Waals surface area contributed by atoms with Gasteiger partial charge >= 0.3 is 0 Å². The number of nitrogens with one attached hydrogen (secondary N) is 2. The van der Waals surface area contributed by atoms with Gasteiger partial charge in [-0.05, 0) is 45.7 Å². The summed E-state index contributed by atoms with van der Waals surface area (Å²) < 4.78 is 5.82. The molecule has 0 saturated carbocycles. The molecule has 2 unspecified atom stereocenters. The molecule has 1 fully saturated rings. The molecule has 1 amide bonds. The molecule has 1 saturated heterocycles. The minimum atomic E-state index is 0.174. The standard InChI is InChI=1S/C24H41N5O2/c1-6-25-24(26-14-13-23(30)29(7-2)8-3)27-15-21-9-11-22(12-10-21)18-28-16-19(4)31-20(5)17-28/h9-12,19-20H,6-8,13-18H2,1-5H3,(H2,25,26,27). The number of morpholine rings is 1. The summed E-state index contributed by atoms with van der Waals surface area (Å²) in [4.78, 5) is 21.1. The number of hydrogen-bond donors (Lipinski definition) is 2. The molecule has 0 bridgehead atoms. The lowest BCUT2D eigenvalue weighted by molar-refractivity contribution is -0.130. The molecule has 1 aliphatic heterocycles. The lowest BCUT2D eigenvalue weighted by Crippen LogP contribution is -2.44. The number of nitrogens with zero attached hydrogens (tertiary/aromatic N) is 3. The maximum atomic E-state index is 12.1. The second kappa shape index (κ2) is 13.3. The van der Waals surface area contributed by atoms with Crippen LogP contribution in [0.15, 0.2) is 29.3 Å². The van der Waals surface area contributed by atoms with E-state index in [1.165, 1.54) is 11.1 Å². The average Bonchev–Trinajstić information content (AvgIpc) is 2.73. The number of aliphatic imine (C=N–C) groups is 1. The zero-order valence-corrected chi connectivity index (χ0v) is 20.0. The van der Waals surface area contributed by atoms with E-state index in [9.17, 15) is 4.79 Å². The Labute approximate surface area is 188 Å². The van der Waals surface area contributed by atoms with Crippen LogP contribution in [0.2, 0.25) is 0 Å². The first kappa shape index (κ1) is 25.1. The smallest absolute Gasteiger partial charge is 0.224 e. The third-order valence-corrected chi connectivity index (χ3v) is 5.44. The van der Waals surface area contributed by atoms with Crippen molar-refractivity contribution in [3.05, 3.63) is 35.4 Å². The Kier molecular flexibility index (Phi) is 10.8. The van der Waals surface area contributed by atoms with Gasteiger partial charge in [0.2, 0.25) is 5.91 Å². The molecule has 31 heavy (non-hydrogen) atoms. The van der Waals surface area contributed by atoms with Crippen LogP contribution in [0.5, 0.6) is 0 Å². The number of benzene rings is 1. The van der Waals surface area contributed by atoms with E-state index in [0.717, 1.165) is 45.2 Å². The fraction of sp³-hybridized carbons (Fsp3) is 0.667. The number of amides is 1. The molecule has 7 heteroatoms. The topological polar surface area (TPSA) is 69.2 Å². The van der Waals surface area contributed by atoms with Crippen LogP contribution in [0.25, 0.3) is 0 Å². The summed E-state index contributed by atoms with van der Waals surface area (Å²) in [5.41, 5.74) is 2.48. The van der Waals surface area contributed by atoms with Crippen LogP contribution in [-0.2, 0) is 22.6 Å². The Hall–Kier alpha value is -2.12. The molecule has 174 valence electrons. The predicted octanol–water partition coefficient (Wildman–Crippen LogP) is 2.61. The minimum Gasteiger partial charge on any atom is -0.373 e. The fourth-order valence-electron chi connectivity index (χ4n) is 3.96. The first-order valence-corrected chi connectivity index (χ1v) is 11.7. The van der Waals surface area contributed by atoms with Crippen LogP contribution in [-0.4, -0.2) is 73.1 Å². The quantitative estimate of drug-likeness (QED) is 0.440. The van der Waals surface area contributed by atoms with Crippen LogP contribution >= 0.6 is 0 Å². The number of hydrogen-bond acceptors (Lipinski definition) is 4. The zero-order chi connectivity index (χ0) is 22.6. The number of guanidine groups is 1. The molecule has 2 rings (SSSR count). The molecule has 7 nitrogen and oxygen atoms in total. The van der Waals surface area contributed by atoms with Gasteiger partial charge in [-0.15, -0.1) is 0 Å². The van der Waals surface area contributed by atoms with Crippen molar-refractivity contribution in [3.8, 4) is 0 Å². The molecule has 0 aliphatic carbocycles. The molecule has 0 aromatic heterocycles. The maximum Gasteiger partial charge on any atom is 0.224 e. The monoisotopic (exact) mass is 431 g/mol. The summed E-state index contributed by atoms with van der Waals surface area (Å²) in [5.74, 6) is 0.920. The lowest BCUT2D eigenvalue weighted by atomic mass is 10.1. The average molecular weight is 432 g/mol. The van der Waals surface area contributed by atoms with Gasteiger partial charge in [-0.3, -0.25) is 9.69 Å². The summed E-state index contributed by atoms with van der Waals surface area (Å²) >= 11 is 0. The van der Waals surface area contributed by atoms with Gasteiger partial charge in [-0.1, -0.05) is 24.3 Å². The van der Waals surface area contributed by atoms with E-state index >= 15 is 0 Å². The van der Waals surface area contributed by atoms with Crippen molar-refractivity contribution >= 4 is 11.9 Å². The van der Waals surface area contributed by atoms with E-state index < -0.39 is 0 Å². The Balaban J connectivity index is 1.84. The molecule has 0 spiro atoms. The highest BCUT2D eigenvalue weighted by atomic mass is 16.5. The van der Waals surface area contributed by atoms with E-state index in [1.807, 2.05) is 25.7 Å². The zero-order valence-electron chi connectivity index (χ0n) is 20.0. The van der Waals surface area contributed by atoms with Gasteiger partial charge in [0.15, 0.2) is 5.96 Å². The van der Waals surface area contributed by atoms with Crippen molar-refractivity contribution < 1.29 is 9.53 Å². The number of ether oxygens (including phenoxy) is 1. The number of carbonyl (C=O) groups is 1. The van der Waals surface area contributed by atoms with E-state index in [2.05, 4.69) is 58.6 Å². The van der Waals surface area contributed by atoms with Crippen molar-refractivity contribution in [2.75, 3.05) is 39.3 Å². The second-order valence-corrected chi connectivity index (χ2v) is 8.21. The second-order valence-electron chi connectivity index (χ2n) is 8.21. The summed E-state index contributed by atoms with van der Waals surface area (Å²) in [5, 5.41) is 6.52. The normalized spacial score (nSPS) is 19.8. The summed E-state index contributed by atoms with van der Waals surface area (Å²) in [6, 6.07) is 8.69. The Morgan fingerprint density at radius 2 is 1.68 bits per heavy atom. The van der Waals surface area contributed by atoms with Crippen molar-refractivity contribution in [1.29, 1.82) is 0 Å². The van der Waals surface area contributed by atoms with E-state index in [-0.39, 0.29) is 18.1 Å². The van der Waals surface area contributed by atoms with Crippen LogP contribution in [0, 0.1) is 0 Å². The van der Waals surface area contributed by atoms with Gasteiger partial charge in [0.25, 0.3) is 0 Å². The van der Waals surface area contributed by atoms with E-state index in [0.29, 0.717) is 19.5 Å². The molecular weight excluding hydrogens is 390 g/mol. The molecular formula is C24H41N5O2. The Morgan fingerprint density at radius 1 is 1.06 bits per heavy atom. The molecule has 1 aliphatic rings. The fourth-order valence-corrected chi connectivity index (χ4v) is 3.96. The number of carbonyl (C=O) groups excluding carboxylic acids is 1. The highest BCUT2D eigenvalue weighted by Crippen LogP contribution is 2.15. The molecule has 0 radical (unpaired) electrons. The van der Waals surface area contributed by atoms with Gasteiger partial charge in [-0.2, -0.15) is 0 Å². The summed E-state index contributed by atoms with van der Waals surface area (Å²) in [6.45, 7) is 16.7. The molecule has 2 atom stereocenters. The SMILES string of the molecule is CCNC(=NCc1ccc(CN2CC(C)OC(C)C2)cc1)NCCC(=O)N(CC)CC. The first-order valence-electron chi connectivity index (χ1n) is 11.7. The third-order valence-electron chi connectivity index (χ3n) is 5.44. The number of rotatable bonds is 10. The van der Waals surface area contributed by atoms with Crippen molar-refractivity contribution in [2.24, 2.45) is 4.99 Å². The molecule has 2 N–H and O–H groups in total. The highest BCUT2D eigenvalue weighted by Gasteiger charge is 2.21. The Bertz CT molecular complexity index is 678. The highest BCUT2D eigenvalue weighted by molar-refractivity contribution is 5.81. The van der Waals surface area contributed by atoms with Gasteiger partial charge < -0.3 is 20.3 Å². The molecule has 1 aromatic rings. The largest absolute Gasteiger partial charge is 0.373 e. The van der Waals surface area contributed by atoms with Crippen molar-refractivity contribution in [2.45, 2.75) is 66.3 Å². The van der Waals surface area contributed by atoms with Gasteiger partial charge in [-0.25, -0.2) is 4.99 Å². The van der Waals surface area contributed by atoms with Gasteiger partial charge in [0.05, 0.1) is 18.8 Å². The van der Waals surface area contributed by atoms with Crippen LogP contribution in [0.4, 0.5) is 0 Å². The van der Waals surface area contributed by atoms with Crippen LogP contribution < -0.4 is 10.6 Å². The van der Waals surface area contributed by atoms with Crippen LogP contribution in [0.3, 0.4) is 0 Å². The first-order chi connectivity index (χ1) is 14.9. The van der Waals surface area contributed by atoms with Crippen molar-refractivity contribution in [1.82, 2.24) is 20.4 Å². The third kappa shape index (κ3) is 8.87. The van der Waals surface area contributed by atoms with E-state index in [4.69, 9.17) is 4.74 Å². The molecule has 1 heterocycles. The Morgan fingerprint density at radius 3 is 2.26 bits per heavy atom. The van der Waals surface area contributed by atoms with Crippen LogP contribution in [0.1, 0.15) is 52.2 Å². The molecule has 1 aromatic carbocycles. The summed E-state index contributed by atoms with van der Waals surface area (Å²) in [6.07, 6.45) is 1.05. The lowest BCUT2D eigenvalue weighted by Gasteiger charge is -2.35. The maximum absolute atomic E-state index is 12.1. The van der Waals surface area contributed by atoms with E-state index in [1.54, 1.807) is 0 Å². The minimum absolute atomic E-state index is 0.174.